The zero-order valence-electron chi connectivity index (χ0n) is 48.4. The van der Waals surface area contributed by atoms with Gasteiger partial charge in [0.05, 0.1) is 5.69 Å². The van der Waals surface area contributed by atoms with E-state index >= 15 is 0 Å². The molecule has 2 aliphatic rings. The summed E-state index contributed by atoms with van der Waals surface area (Å²) < 4.78 is 14.1. The molecular weight excluding hydrogens is 958 g/mol. The van der Waals surface area contributed by atoms with E-state index in [1.54, 1.807) is 0 Å². The van der Waals surface area contributed by atoms with E-state index < -0.39 is 0 Å². The molecular formula is C75H72BNO2. The van der Waals surface area contributed by atoms with E-state index in [4.69, 9.17) is 9.15 Å². The number of hydrogen-bond donors (Lipinski definition) is 0. The van der Waals surface area contributed by atoms with E-state index in [2.05, 4.69) is 283 Å². The third kappa shape index (κ3) is 9.04. The number of nitrogens with zero attached hydrogens (tertiary/aromatic N) is 1. The van der Waals surface area contributed by atoms with Gasteiger partial charge < -0.3 is 14.1 Å². The van der Waals surface area contributed by atoms with Crippen LogP contribution in [0.4, 0.5) is 17.1 Å². The van der Waals surface area contributed by atoms with E-state index in [0.717, 1.165) is 100 Å². The Morgan fingerprint density at radius 3 is 1.68 bits per heavy atom. The summed E-state index contributed by atoms with van der Waals surface area (Å²) in [6.07, 6.45) is 4.15. The minimum Gasteiger partial charge on any atom is -0.458 e. The zero-order chi connectivity index (χ0) is 55.5. The van der Waals surface area contributed by atoms with Gasteiger partial charge in [-0.05, 0) is 148 Å². The first-order valence-corrected chi connectivity index (χ1v) is 28.2. The Bertz CT molecular complexity index is 4060. The molecule has 0 amide bonds. The van der Waals surface area contributed by atoms with Crippen molar-refractivity contribution in [1.82, 2.24) is 0 Å². The molecule has 79 heavy (non-hydrogen) atoms. The zero-order valence-corrected chi connectivity index (χ0v) is 48.4. The molecule has 0 spiro atoms. The van der Waals surface area contributed by atoms with Crippen molar-refractivity contribution in [2.24, 2.45) is 0 Å². The molecule has 9 aromatic carbocycles. The number of para-hydroxylation sites is 2. The topological polar surface area (TPSA) is 25.6 Å². The van der Waals surface area contributed by atoms with Crippen molar-refractivity contribution < 1.29 is 9.15 Å². The SMILES string of the molecule is C=C/C(=C\C)c1ccc2c(c1)B1c3cc(-c4cc(C(C)(C)C)cc(C(C)(C)C)c4)ccc3Oc3cc(-c4ccccc4)cc(c31)N2c1c(-c2cc(C(C)(C)C)cc(C(C)(C)C)c2)cccc1-c1cccc2oc3ccccc3c12. The minimum atomic E-state index is -0.186. The number of allylic oxidation sites excluding steroid dienone is 3. The summed E-state index contributed by atoms with van der Waals surface area (Å²) in [5.41, 5.74) is 24.8. The van der Waals surface area contributed by atoms with E-state index in [1.165, 1.54) is 44.4 Å². The smallest absolute Gasteiger partial charge is 0.256 e. The normalized spacial score (nSPS) is 13.6. The fourth-order valence-electron chi connectivity index (χ4n) is 12.1. The molecule has 392 valence electrons. The lowest BCUT2D eigenvalue weighted by molar-refractivity contribution is 0.488. The first kappa shape index (κ1) is 51.7. The highest BCUT2D eigenvalue weighted by molar-refractivity contribution is 6.99. The summed E-state index contributed by atoms with van der Waals surface area (Å²) >= 11 is 0. The Balaban J connectivity index is 1.22. The van der Waals surface area contributed by atoms with Crippen LogP contribution in [0.5, 0.6) is 11.5 Å². The second-order valence-corrected chi connectivity index (χ2v) is 26.2. The van der Waals surface area contributed by atoms with Gasteiger partial charge in [0.1, 0.15) is 22.7 Å². The van der Waals surface area contributed by atoms with Crippen molar-refractivity contribution in [3.8, 4) is 56.0 Å². The maximum absolute atomic E-state index is 7.42. The van der Waals surface area contributed by atoms with Gasteiger partial charge in [-0.15, -0.1) is 0 Å². The summed E-state index contributed by atoms with van der Waals surface area (Å²) in [5.74, 6) is 1.72. The Morgan fingerprint density at radius 2 is 1.04 bits per heavy atom. The summed E-state index contributed by atoms with van der Waals surface area (Å²) in [6.45, 7) is 34.1. The molecule has 0 unspecified atom stereocenters. The van der Waals surface area contributed by atoms with Crippen molar-refractivity contribution in [2.75, 3.05) is 4.90 Å². The molecule has 2 aliphatic heterocycles. The molecule has 3 nitrogen and oxygen atoms in total. The number of benzene rings is 9. The van der Waals surface area contributed by atoms with Crippen LogP contribution in [0.2, 0.25) is 0 Å². The maximum Gasteiger partial charge on any atom is 0.256 e. The molecule has 0 aliphatic carbocycles. The third-order valence-electron chi connectivity index (χ3n) is 16.7. The molecule has 0 bridgehead atoms. The Kier molecular flexibility index (Phi) is 12.3. The van der Waals surface area contributed by atoms with Gasteiger partial charge in [0.2, 0.25) is 0 Å². The van der Waals surface area contributed by atoms with E-state index in [1.807, 2.05) is 6.08 Å². The number of rotatable bonds is 7. The van der Waals surface area contributed by atoms with Crippen LogP contribution in [-0.2, 0) is 21.7 Å². The molecule has 4 heteroatoms. The summed E-state index contributed by atoms with van der Waals surface area (Å²) in [4.78, 5) is 2.59. The summed E-state index contributed by atoms with van der Waals surface area (Å²) in [5, 5.41) is 2.19. The molecule has 3 heterocycles. The first-order chi connectivity index (χ1) is 37.6. The number of furan rings is 1. The van der Waals surface area contributed by atoms with Crippen molar-refractivity contribution in [3.63, 3.8) is 0 Å². The lowest BCUT2D eigenvalue weighted by atomic mass is 9.34. The number of ether oxygens (including phenoxy) is 1. The van der Waals surface area contributed by atoms with Crippen LogP contribution in [0, 0.1) is 0 Å². The van der Waals surface area contributed by atoms with Crippen LogP contribution in [-0.4, -0.2) is 6.71 Å². The van der Waals surface area contributed by atoms with Crippen molar-refractivity contribution in [2.45, 2.75) is 112 Å². The largest absolute Gasteiger partial charge is 0.458 e. The number of fused-ring (bicyclic) bond motifs is 7. The summed E-state index contributed by atoms with van der Waals surface area (Å²) in [6, 6.07) is 66.0. The van der Waals surface area contributed by atoms with Crippen LogP contribution in [0.1, 0.15) is 118 Å². The van der Waals surface area contributed by atoms with Gasteiger partial charge in [0.25, 0.3) is 6.71 Å². The van der Waals surface area contributed by atoms with Crippen LogP contribution < -0.4 is 26.0 Å². The van der Waals surface area contributed by atoms with Gasteiger partial charge in [0.15, 0.2) is 0 Å². The van der Waals surface area contributed by atoms with Gasteiger partial charge in [-0.25, -0.2) is 0 Å². The van der Waals surface area contributed by atoms with Gasteiger partial charge in [-0.1, -0.05) is 241 Å². The fraction of sp³-hybridized carbons (Fsp3) is 0.227. The van der Waals surface area contributed by atoms with Crippen LogP contribution in [0.3, 0.4) is 0 Å². The molecule has 12 rings (SSSR count). The second kappa shape index (κ2) is 18.8. The lowest BCUT2D eigenvalue weighted by Crippen LogP contribution is -2.59. The quantitative estimate of drug-likeness (QED) is 0.118. The van der Waals surface area contributed by atoms with Crippen LogP contribution in [0.25, 0.3) is 72.0 Å². The highest BCUT2D eigenvalue weighted by Crippen LogP contribution is 2.52. The Labute approximate surface area is 469 Å². The predicted molar refractivity (Wildman–Crippen MR) is 340 cm³/mol. The molecule has 1 aromatic heterocycles. The predicted octanol–water partition coefficient (Wildman–Crippen LogP) is 19.4. The highest BCUT2D eigenvalue weighted by atomic mass is 16.5. The molecule has 0 saturated carbocycles. The molecule has 0 fully saturated rings. The third-order valence-corrected chi connectivity index (χ3v) is 16.7. The standard InChI is InChI=1S/C75H72BNO2/c1-15-46(16-2)48-32-34-63-61(40-48)76-62-41-49(50-36-53(72(3,4)5)44-54(37-50)73(6,7)8)33-35-66(62)79-68-43-51(47-24-18-17-19-25-47)42-64(70(68)76)77(63)71-57(52-38-55(74(9,10)11)45-56(39-52)75(12,13)14)27-22-29-59(71)58-28-23-31-67-69(58)60-26-20-21-30-65(60)78-67/h15-45H,1H2,2-14H3/b46-16+. The summed E-state index contributed by atoms with van der Waals surface area (Å²) in [7, 11) is 0. The fourth-order valence-corrected chi connectivity index (χ4v) is 12.1. The monoisotopic (exact) mass is 1030 g/mol. The van der Waals surface area contributed by atoms with Crippen LogP contribution in [0.15, 0.2) is 199 Å². The van der Waals surface area contributed by atoms with E-state index in [0.29, 0.717) is 0 Å². The van der Waals surface area contributed by atoms with Gasteiger partial charge in [0, 0.05) is 33.3 Å². The van der Waals surface area contributed by atoms with Gasteiger partial charge in [-0.2, -0.15) is 0 Å². The van der Waals surface area contributed by atoms with Gasteiger partial charge >= 0.3 is 0 Å². The average Bonchev–Trinajstić information content (AvgIpc) is 3.94. The molecule has 0 radical (unpaired) electrons. The molecule has 0 N–H and O–H groups in total. The maximum atomic E-state index is 7.42. The lowest BCUT2D eigenvalue weighted by Gasteiger charge is -2.42. The average molecular weight is 1030 g/mol. The second-order valence-electron chi connectivity index (χ2n) is 26.2. The highest BCUT2D eigenvalue weighted by Gasteiger charge is 2.44. The van der Waals surface area contributed by atoms with Crippen molar-refractivity contribution >= 4 is 67.7 Å². The van der Waals surface area contributed by atoms with Crippen molar-refractivity contribution in [1.29, 1.82) is 0 Å². The van der Waals surface area contributed by atoms with E-state index in [-0.39, 0.29) is 28.4 Å². The van der Waals surface area contributed by atoms with E-state index in [9.17, 15) is 0 Å². The van der Waals surface area contributed by atoms with Gasteiger partial charge in [-0.3, -0.25) is 0 Å². The number of hydrogen-bond acceptors (Lipinski definition) is 3. The first-order valence-electron chi connectivity index (χ1n) is 28.2. The van der Waals surface area contributed by atoms with Crippen LogP contribution >= 0.6 is 0 Å². The Morgan fingerprint density at radius 1 is 0.456 bits per heavy atom. The molecule has 0 saturated heterocycles. The minimum absolute atomic E-state index is 0.0385. The molecule has 0 atom stereocenters. The Hall–Kier alpha value is -8.08. The number of anilines is 3. The molecule has 10 aromatic rings. The van der Waals surface area contributed by atoms with Crippen molar-refractivity contribution in [3.05, 3.63) is 222 Å².